The van der Waals surface area contributed by atoms with Crippen molar-refractivity contribution in [3.63, 3.8) is 0 Å². The van der Waals surface area contributed by atoms with Gasteiger partial charge in [0.2, 0.25) is 0 Å². The number of amides is 1. The van der Waals surface area contributed by atoms with Crippen molar-refractivity contribution in [1.82, 2.24) is 5.48 Å². The first-order valence-corrected chi connectivity index (χ1v) is 8.10. The molecule has 0 unspecified atom stereocenters. The minimum atomic E-state index is -0.325. The summed E-state index contributed by atoms with van der Waals surface area (Å²) in [5.74, 6) is 0.871. The van der Waals surface area contributed by atoms with Crippen molar-refractivity contribution in [3.05, 3.63) is 59.7 Å². The van der Waals surface area contributed by atoms with Crippen LogP contribution in [0, 0.1) is 0 Å². The van der Waals surface area contributed by atoms with Crippen LogP contribution in [0.5, 0.6) is 11.5 Å². The minimum absolute atomic E-state index is 0.308. The van der Waals surface area contributed by atoms with Gasteiger partial charge in [0.1, 0.15) is 0 Å². The Labute approximate surface area is 142 Å². The Kier molecular flexibility index (Phi) is 7.11. The first kappa shape index (κ1) is 17.8. The summed E-state index contributed by atoms with van der Waals surface area (Å²) < 4.78 is 11.2. The van der Waals surface area contributed by atoms with Gasteiger partial charge in [0, 0.05) is 5.56 Å². The molecule has 0 radical (unpaired) electrons. The molecule has 24 heavy (non-hydrogen) atoms. The fourth-order valence-corrected chi connectivity index (χ4v) is 2.07. The first-order chi connectivity index (χ1) is 11.7. The van der Waals surface area contributed by atoms with E-state index in [9.17, 15) is 4.79 Å². The lowest BCUT2D eigenvalue weighted by molar-refractivity contribution is 0.0233. The lowest BCUT2D eigenvalue weighted by atomic mass is 10.2. The summed E-state index contributed by atoms with van der Waals surface area (Å²) in [6.07, 6.45) is 0.904. The second kappa shape index (κ2) is 9.57. The monoisotopic (exact) mass is 329 g/mol. The van der Waals surface area contributed by atoms with Crippen LogP contribution < -0.4 is 15.0 Å². The number of carbonyl (C=O) groups excluding carboxylic acids is 1. The van der Waals surface area contributed by atoms with Gasteiger partial charge >= 0.3 is 0 Å². The summed E-state index contributed by atoms with van der Waals surface area (Å²) in [7, 11) is 0. The van der Waals surface area contributed by atoms with E-state index in [-0.39, 0.29) is 5.91 Å². The molecule has 2 rings (SSSR count). The average molecular weight is 329 g/mol. The Hall–Kier alpha value is -2.53. The number of hydrogen-bond donors (Lipinski definition) is 1. The Balaban J connectivity index is 1.96. The van der Waals surface area contributed by atoms with Crippen LogP contribution in [0.3, 0.4) is 0 Å². The zero-order chi connectivity index (χ0) is 17.2. The lowest BCUT2D eigenvalue weighted by Crippen LogP contribution is -2.23. The molecule has 2 aromatic rings. The Morgan fingerprint density at radius 1 is 1.00 bits per heavy atom. The standard InChI is InChI=1S/C19H23NO4/c1-3-12-23-17-11-10-16(13-18(17)22-4-2)19(21)20-24-14-15-8-6-5-7-9-15/h5-11,13H,3-4,12,14H2,1-2H3,(H,20,21). The molecule has 0 heterocycles. The van der Waals surface area contributed by atoms with Gasteiger partial charge in [-0.05, 0) is 37.1 Å². The van der Waals surface area contributed by atoms with Gasteiger partial charge in [0.05, 0.1) is 19.8 Å². The third-order valence-corrected chi connectivity index (χ3v) is 3.21. The number of benzene rings is 2. The van der Waals surface area contributed by atoms with Gasteiger partial charge in [-0.25, -0.2) is 5.48 Å². The lowest BCUT2D eigenvalue weighted by Gasteiger charge is -2.13. The molecule has 0 aliphatic carbocycles. The molecule has 0 aliphatic heterocycles. The van der Waals surface area contributed by atoms with E-state index >= 15 is 0 Å². The molecule has 0 saturated carbocycles. The predicted octanol–water partition coefficient (Wildman–Crippen LogP) is 3.74. The summed E-state index contributed by atoms with van der Waals surface area (Å²) in [5.41, 5.74) is 3.88. The maximum Gasteiger partial charge on any atom is 0.274 e. The number of hydrogen-bond acceptors (Lipinski definition) is 4. The summed E-state index contributed by atoms with van der Waals surface area (Å²) in [4.78, 5) is 17.4. The molecular formula is C19H23NO4. The van der Waals surface area contributed by atoms with E-state index in [0.29, 0.717) is 36.9 Å². The molecule has 0 fully saturated rings. The van der Waals surface area contributed by atoms with Crippen molar-refractivity contribution in [1.29, 1.82) is 0 Å². The Morgan fingerprint density at radius 2 is 1.79 bits per heavy atom. The van der Waals surface area contributed by atoms with Gasteiger partial charge in [-0.3, -0.25) is 9.63 Å². The minimum Gasteiger partial charge on any atom is -0.490 e. The van der Waals surface area contributed by atoms with Gasteiger partial charge in [0.25, 0.3) is 5.91 Å². The molecule has 5 nitrogen and oxygen atoms in total. The highest BCUT2D eigenvalue weighted by Gasteiger charge is 2.11. The number of nitrogens with one attached hydrogen (secondary N) is 1. The molecule has 5 heteroatoms. The van der Waals surface area contributed by atoms with Gasteiger partial charge in [-0.2, -0.15) is 0 Å². The maximum absolute atomic E-state index is 12.2. The second-order valence-corrected chi connectivity index (χ2v) is 5.15. The van der Waals surface area contributed by atoms with Crippen molar-refractivity contribution in [2.24, 2.45) is 0 Å². The largest absolute Gasteiger partial charge is 0.490 e. The van der Waals surface area contributed by atoms with Crippen LogP contribution in [0.25, 0.3) is 0 Å². The zero-order valence-corrected chi connectivity index (χ0v) is 14.1. The highest BCUT2D eigenvalue weighted by molar-refractivity contribution is 5.94. The Morgan fingerprint density at radius 3 is 2.50 bits per heavy atom. The first-order valence-electron chi connectivity index (χ1n) is 8.10. The predicted molar refractivity (Wildman–Crippen MR) is 92.1 cm³/mol. The fraction of sp³-hybridized carbons (Fsp3) is 0.316. The fourth-order valence-electron chi connectivity index (χ4n) is 2.07. The van der Waals surface area contributed by atoms with Crippen LogP contribution in [-0.4, -0.2) is 19.1 Å². The van der Waals surface area contributed by atoms with Gasteiger partial charge in [-0.1, -0.05) is 37.3 Å². The average Bonchev–Trinajstić information content (AvgIpc) is 2.61. The van der Waals surface area contributed by atoms with Crippen molar-refractivity contribution in [3.8, 4) is 11.5 Å². The topological polar surface area (TPSA) is 56.8 Å². The van der Waals surface area contributed by atoms with Crippen LogP contribution in [0.2, 0.25) is 0 Å². The van der Waals surface area contributed by atoms with Crippen LogP contribution in [0.4, 0.5) is 0 Å². The van der Waals surface area contributed by atoms with Gasteiger partial charge < -0.3 is 9.47 Å². The van der Waals surface area contributed by atoms with Crippen molar-refractivity contribution < 1.29 is 19.1 Å². The highest BCUT2D eigenvalue weighted by atomic mass is 16.6. The summed E-state index contributed by atoms with van der Waals surface area (Å²) in [6.45, 7) is 5.33. The molecule has 2 aromatic carbocycles. The van der Waals surface area contributed by atoms with Crippen molar-refractivity contribution in [2.75, 3.05) is 13.2 Å². The molecule has 0 saturated heterocycles. The van der Waals surface area contributed by atoms with E-state index in [1.54, 1.807) is 18.2 Å². The van der Waals surface area contributed by atoms with Crippen LogP contribution in [0.15, 0.2) is 48.5 Å². The number of rotatable bonds is 9. The quantitative estimate of drug-likeness (QED) is 0.712. The SMILES string of the molecule is CCCOc1ccc(C(=O)NOCc2ccccc2)cc1OCC. The summed E-state index contributed by atoms with van der Waals surface area (Å²) >= 11 is 0. The van der Waals surface area contributed by atoms with Crippen LogP contribution in [-0.2, 0) is 11.4 Å². The number of hydroxylamine groups is 1. The van der Waals surface area contributed by atoms with Gasteiger partial charge in [0.15, 0.2) is 11.5 Å². The van der Waals surface area contributed by atoms with E-state index in [1.165, 1.54) is 0 Å². The molecule has 128 valence electrons. The zero-order valence-electron chi connectivity index (χ0n) is 14.1. The maximum atomic E-state index is 12.2. The van der Waals surface area contributed by atoms with Crippen LogP contribution in [0.1, 0.15) is 36.2 Å². The van der Waals surface area contributed by atoms with E-state index < -0.39 is 0 Å². The third kappa shape index (κ3) is 5.28. The molecule has 0 aromatic heterocycles. The molecule has 0 atom stereocenters. The van der Waals surface area contributed by atoms with Crippen molar-refractivity contribution >= 4 is 5.91 Å². The van der Waals surface area contributed by atoms with E-state index in [0.717, 1.165) is 12.0 Å². The van der Waals surface area contributed by atoms with Crippen LogP contribution >= 0.6 is 0 Å². The summed E-state index contributed by atoms with van der Waals surface area (Å²) in [6, 6.07) is 14.7. The molecule has 1 amide bonds. The van der Waals surface area contributed by atoms with E-state index in [1.807, 2.05) is 44.2 Å². The van der Waals surface area contributed by atoms with E-state index in [4.69, 9.17) is 14.3 Å². The van der Waals surface area contributed by atoms with Gasteiger partial charge in [-0.15, -0.1) is 0 Å². The van der Waals surface area contributed by atoms with Crippen molar-refractivity contribution in [2.45, 2.75) is 26.9 Å². The smallest absolute Gasteiger partial charge is 0.274 e. The molecule has 0 spiro atoms. The normalized spacial score (nSPS) is 10.2. The molecule has 0 bridgehead atoms. The molecule has 0 aliphatic rings. The number of ether oxygens (including phenoxy) is 2. The summed E-state index contributed by atoms with van der Waals surface area (Å²) in [5, 5.41) is 0. The third-order valence-electron chi connectivity index (χ3n) is 3.21. The number of carbonyl (C=O) groups is 1. The molecule has 1 N–H and O–H groups in total. The molecular weight excluding hydrogens is 306 g/mol. The highest BCUT2D eigenvalue weighted by Crippen LogP contribution is 2.28. The van der Waals surface area contributed by atoms with E-state index in [2.05, 4.69) is 5.48 Å². The second-order valence-electron chi connectivity index (χ2n) is 5.15. The Bertz CT molecular complexity index is 643.